The van der Waals surface area contributed by atoms with Gasteiger partial charge < -0.3 is 14.5 Å². The third kappa shape index (κ3) is 2.73. The Labute approximate surface area is 121 Å². The Balaban J connectivity index is 2.48. The van der Waals surface area contributed by atoms with Gasteiger partial charge >= 0.3 is 0 Å². The number of furan rings is 1. The largest absolute Gasteiger partial charge is 0.496 e. The van der Waals surface area contributed by atoms with Crippen molar-refractivity contribution < 1.29 is 9.15 Å². The average molecular weight is 273 g/mol. The SMILES string of the molecule is CCNC(c1cc(C)c(OC)c(C)c1)c1occc1C. The fraction of sp³-hybridized carbons (Fsp3) is 0.412. The Morgan fingerprint density at radius 2 is 1.80 bits per heavy atom. The summed E-state index contributed by atoms with van der Waals surface area (Å²) in [5, 5.41) is 3.50. The van der Waals surface area contributed by atoms with Crippen LogP contribution in [0.3, 0.4) is 0 Å². The van der Waals surface area contributed by atoms with E-state index in [4.69, 9.17) is 9.15 Å². The van der Waals surface area contributed by atoms with Crippen molar-refractivity contribution in [3.05, 3.63) is 52.5 Å². The monoisotopic (exact) mass is 273 g/mol. The van der Waals surface area contributed by atoms with E-state index in [0.717, 1.165) is 29.2 Å². The van der Waals surface area contributed by atoms with Crippen LogP contribution in [0.5, 0.6) is 5.75 Å². The second kappa shape index (κ2) is 6.14. The van der Waals surface area contributed by atoms with E-state index in [0.29, 0.717) is 0 Å². The molecule has 0 aliphatic carbocycles. The molecule has 0 fully saturated rings. The Kier molecular flexibility index (Phi) is 4.50. The summed E-state index contributed by atoms with van der Waals surface area (Å²) in [5.41, 5.74) is 4.67. The van der Waals surface area contributed by atoms with Crippen molar-refractivity contribution >= 4 is 0 Å². The van der Waals surface area contributed by atoms with E-state index < -0.39 is 0 Å². The van der Waals surface area contributed by atoms with Crippen molar-refractivity contribution in [2.45, 2.75) is 33.7 Å². The van der Waals surface area contributed by atoms with E-state index in [1.54, 1.807) is 13.4 Å². The first-order valence-corrected chi connectivity index (χ1v) is 7.01. The third-order valence-corrected chi connectivity index (χ3v) is 3.59. The number of hydrogen-bond acceptors (Lipinski definition) is 3. The summed E-state index contributed by atoms with van der Waals surface area (Å²) >= 11 is 0. The summed E-state index contributed by atoms with van der Waals surface area (Å²) in [6.45, 7) is 9.22. The van der Waals surface area contributed by atoms with Gasteiger partial charge in [0.1, 0.15) is 11.5 Å². The Morgan fingerprint density at radius 3 is 2.25 bits per heavy atom. The van der Waals surface area contributed by atoms with Crippen molar-refractivity contribution in [3.8, 4) is 5.75 Å². The minimum atomic E-state index is 0.0818. The number of nitrogens with one attached hydrogen (secondary N) is 1. The molecular weight excluding hydrogens is 250 g/mol. The average Bonchev–Trinajstić information content (AvgIpc) is 2.81. The van der Waals surface area contributed by atoms with E-state index >= 15 is 0 Å². The lowest BCUT2D eigenvalue weighted by atomic mass is 9.97. The van der Waals surface area contributed by atoms with Gasteiger partial charge in [-0.05, 0) is 55.6 Å². The fourth-order valence-corrected chi connectivity index (χ4v) is 2.72. The predicted octanol–water partition coefficient (Wildman–Crippen LogP) is 3.91. The number of methoxy groups -OCH3 is 1. The zero-order valence-corrected chi connectivity index (χ0v) is 12.9. The highest BCUT2D eigenvalue weighted by atomic mass is 16.5. The second-order valence-corrected chi connectivity index (χ2v) is 5.15. The van der Waals surface area contributed by atoms with Crippen LogP contribution < -0.4 is 10.1 Å². The van der Waals surface area contributed by atoms with Crippen molar-refractivity contribution in [2.24, 2.45) is 0 Å². The molecule has 1 aromatic heterocycles. The lowest BCUT2D eigenvalue weighted by Gasteiger charge is -2.20. The summed E-state index contributed by atoms with van der Waals surface area (Å²) in [7, 11) is 1.72. The Bertz CT molecular complexity index is 563. The molecule has 1 aromatic carbocycles. The first-order valence-electron chi connectivity index (χ1n) is 7.01. The van der Waals surface area contributed by atoms with Crippen LogP contribution in [0.1, 0.15) is 41.0 Å². The molecular formula is C17H23NO2. The second-order valence-electron chi connectivity index (χ2n) is 5.15. The molecule has 0 aliphatic heterocycles. The van der Waals surface area contributed by atoms with E-state index in [1.807, 2.05) is 6.07 Å². The molecule has 2 rings (SSSR count). The van der Waals surface area contributed by atoms with Gasteiger partial charge in [-0.3, -0.25) is 0 Å². The van der Waals surface area contributed by atoms with Gasteiger partial charge in [-0.15, -0.1) is 0 Å². The molecule has 2 aromatic rings. The summed E-state index contributed by atoms with van der Waals surface area (Å²) in [6.07, 6.45) is 1.75. The molecule has 0 aliphatic rings. The highest BCUT2D eigenvalue weighted by molar-refractivity contribution is 5.46. The molecule has 1 N–H and O–H groups in total. The minimum absolute atomic E-state index is 0.0818. The number of benzene rings is 1. The normalized spacial score (nSPS) is 12.4. The maximum Gasteiger partial charge on any atom is 0.128 e. The van der Waals surface area contributed by atoms with Crippen LogP contribution in [0, 0.1) is 20.8 Å². The van der Waals surface area contributed by atoms with Crippen LogP contribution in [-0.4, -0.2) is 13.7 Å². The lowest BCUT2D eigenvalue weighted by molar-refractivity contribution is 0.407. The minimum Gasteiger partial charge on any atom is -0.496 e. The van der Waals surface area contributed by atoms with Gasteiger partial charge in [0.25, 0.3) is 0 Å². The van der Waals surface area contributed by atoms with Gasteiger partial charge in [-0.25, -0.2) is 0 Å². The highest BCUT2D eigenvalue weighted by Gasteiger charge is 2.20. The van der Waals surface area contributed by atoms with Crippen molar-refractivity contribution in [1.82, 2.24) is 5.32 Å². The smallest absolute Gasteiger partial charge is 0.128 e. The number of ether oxygens (including phenoxy) is 1. The van der Waals surface area contributed by atoms with Crippen LogP contribution in [-0.2, 0) is 0 Å². The number of hydrogen-bond donors (Lipinski definition) is 1. The number of aryl methyl sites for hydroxylation is 3. The van der Waals surface area contributed by atoms with E-state index in [-0.39, 0.29) is 6.04 Å². The van der Waals surface area contributed by atoms with Gasteiger partial charge in [0.05, 0.1) is 19.4 Å². The standard InChI is InChI=1S/C17H23NO2/c1-6-18-15(17-11(2)7-8-20-17)14-9-12(3)16(19-5)13(4)10-14/h7-10,15,18H,6H2,1-5H3. The maximum atomic E-state index is 5.68. The highest BCUT2D eigenvalue weighted by Crippen LogP contribution is 2.31. The molecule has 3 nitrogen and oxygen atoms in total. The van der Waals surface area contributed by atoms with Crippen molar-refractivity contribution in [3.63, 3.8) is 0 Å². The van der Waals surface area contributed by atoms with Crippen molar-refractivity contribution in [2.75, 3.05) is 13.7 Å². The molecule has 0 saturated carbocycles. The van der Waals surface area contributed by atoms with Crippen LogP contribution in [0.4, 0.5) is 0 Å². The van der Waals surface area contributed by atoms with Crippen LogP contribution in [0.25, 0.3) is 0 Å². The molecule has 0 saturated heterocycles. The third-order valence-electron chi connectivity index (χ3n) is 3.59. The molecule has 20 heavy (non-hydrogen) atoms. The molecule has 0 bridgehead atoms. The lowest BCUT2D eigenvalue weighted by Crippen LogP contribution is -2.22. The summed E-state index contributed by atoms with van der Waals surface area (Å²) in [5.74, 6) is 1.94. The van der Waals surface area contributed by atoms with Gasteiger partial charge in [-0.2, -0.15) is 0 Å². The molecule has 1 unspecified atom stereocenters. The maximum absolute atomic E-state index is 5.68. The Hall–Kier alpha value is -1.74. The molecule has 1 atom stereocenters. The first-order chi connectivity index (χ1) is 9.58. The Morgan fingerprint density at radius 1 is 1.15 bits per heavy atom. The quantitative estimate of drug-likeness (QED) is 0.896. The number of rotatable bonds is 5. The van der Waals surface area contributed by atoms with Gasteiger partial charge in [0.15, 0.2) is 0 Å². The van der Waals surface area contributed by atoms with E-state index in [1.165, 1.54) is 11.1 Å². The van der Waals surface area contributed by atoms with Gasteiger partial charge in [0.2, 0.25) is 0 Å². The van der Waals surface area contributed by atoms with Crippen LogP contribution >= 0.6 is 0 Å². The molecule has 0 spiro atoms. The van der Waals surface area contributed by atoms with Crippen LogP contribution in [0.15, 0.2) is 28.9 Å². The van der Waals surface area contributed by atoms with Gasteiger partial charge in [-0.1, -0.05) is 19.1 Å². The summed E-state index contributed by atoms with van der Waals surface area (Å²) in [4.78, 5) is 0. The van der Waals surface area contributed by atoms with Crippen LogP contribution in [0.2, 0.25) is 0 Å². The molecule has 1 heterocycles. The van der Waals surface area contributed by atoms with E-state index in [2.05, 4.69) is 45.1 Å². The van der Waals surface area contributed by atoms with Gasteiger partial charge in [0, 0.05) is 0 Å². The summed E-state index contributed by atoms with van der Waals surface area (Å²) in [6, 6.07) is 6.42. The zero-order chi connectivity index (χ0) is 14.7. The predicted molar refractivity (Wildman–Crippen MR) is 81.4 cm³/mol. The molecule has 0 amide bonds. The zero-order valence-electron chi connectivity index (χ0n) is 12.9. The van der Waals surface area contributed by atoms with Crippen molar-refractivity contribution in [1.29, 1.82) is 0 Å². The molecule has 108 valence electrons. The topological polar surface area (TPSA) is 34.4 Å². The van der Waals surface area contributed by atoms with E-state index in [9.17, 15) is 0 Å². The molecule has 0 radical (unpaired) electrons. The molecule has 3 heteroatoms. The fourth-order valence-electron chi connectivity index (χ4n) is 2.72. The first kappa shape index (κ1) is 14.7. The summed E-state index contributed by atoms with van der Waals surface area (Å²) < 4.78 is 11.1.